The van der Waals surface area contributed by atoms with Crippen molar-refractivity contribution in [3.05, 3.63) is 51.7 Å². The molecule has 0 heterocycles. The number of hydrogen-bond donors (Lipinski definition) is 2. The van der Waals surface area contributed by atoms with Crippen molar-refractivity contribution in [1.29, 1.82) is 0 Å². The Morgan fingerprint density at radius 3 is 2.48 bits per heavy atom. The van der Waals surface area contributed by atoms with Gasteiger partial charge in [0.25, 0.3) is 10.0 Å². The predicted molar refractivity (Wildman–Crippen MR) is 85.2 cm³/mol. The second kappa shape index (κ2) is 5.65. The highest BCUT2D eigenvalue weighted by Crippen LogP contribution is 2.28. The standard InChI is InChI=1S/C14H14BrFN2O2S/c1-8-3-4-13(10(15)5-8)18-21(19,20)14-7-12(17)9(2)6-11(14)16/h3-7,18H,17H2,1-2H3. The highest BCUT2D eigenvalue weighted by Gasteiger charge is 2.21. The van der Waals surface area contributed by atoms with E-state index in [9.17, 15) is 12.8 Å². The second-order valence-corrected chi connectivity index (χ2v) is 7.23. The Morgan fingerprint density at radius 2 is 1.86 bits per heavy atom. The van der Waals surface area contributed by atoms with E-state index in [4.69, 9.17) is 5.73 Å². The molecule has 0 radical (unpaired) electrons. The molecule has 21 heavy (non-hydrogen) atoms. The van der Waals surface area contributed by atoms with E-state index in [0.717, 1.165) is 17.7 Å². The van der Waals surface area contributed by atoms with E-state index in [1.54, 1.807) is 25.1 Å². The van der Waals surface area contributed by atoms with Crippen molar-refractivity contribution in [3.63, 3.8) is 0 Å². The molecule has 2 rings (SSSR count). The number of nitrogen functional groups attached to an aromatic ring is 1. The van der Waals surface area contributed by atoms with Gasteiger partial charge in [-0.25, -0.2) is 12.8 Å². The van der Waals surface area contributed by atoms with E-state index in [2.05, 4.69) is 20.7 Å². The summed E-state index contributed by atoms with van der Waals surface area (Å²) >= 11 is 3.27. The summed E-state index contributed by atoms with van der Waals surface area (Å²) in [5, 5.41) is 0. The first-order valence-corrected chi connectivity index (χ1v) is 8.33. The van der Waals surface area contributed by atoms with E-state index in [-0.39, 0.29) is 5.69 Å². The molecule has 0 saturated heterocycles. The Kier molecular flexibility index (Phi) is 4.25. The molecule has 2 aromatic carbocycles. The minimum atomic E-state index is -4.05. The van der Waals surface area contributed by atoms with Crippen LogP contribution in [0, 0.1) is 19.7 Å². The normalized spacial score (nSPS) is 11.4. The van der Waals surface area contributed by atoms with Gasteiger partial charge in [-0.15, -0.1) is 0 Å². The average Bonchev–Trinajstić information content (AvgIpc) is 2.37. The first-order valence-electron chi connectivity index (χ1n) is 6.05. The number of benzene rings is 2. The third kappa shape index (κ3) is 3.36. The fourth-order valence-electron chi connectivity index (χ4n) is 1.78. The van der Waals surface area contributed by atoms with Gasteiger partial charge in [0.2, 0.25) is 0 Å². The predicted octanol–water partition coefficient (Wildman–Crippen LogP) is 3.59. The van der Waals surface area contributed by atoms with Crippen molar-refractivity contribution < 1.29 is 12.8 Å². The molecule has 0 spiro atoms. The maximum absolute atomic E-state index is 13.9. The molecule has 0 amide bonds. The van der Waals surface area contributed by atoms with Crippen LogP contribution in [0.25, 0.3) is 0 Å². The molecule has 0 aliphatic carbocycles. The van der Waals surface area contributed by atoms with E-state index < -0.39 is 20.7 Å². The summed E-state index contributed by atoms with van der Waals surface area (Å²) in [5.41, 5.74) is 7.67. The van der Waals surface area contributed by atoms with Gasteiger partial charge < -0.3 is 5.73 Å². The van der Waals surface area contributed by atoms with Crippen LogP contribution in [0.5, 0.6) is 0 Å². The van der Waals surface area contributed by atoms with Crippen LogP contribution < -0.4 is 10.5 Å². The van der Waals surface area contributed by atoms with Gasteiger partial charge in [-0.05, 0) is 65.2 Å². The van der Waals surface area contributed by atoms with E-state index >= 15 is 0 Å². The van der Waals surface area contributed by atoms with Gasteiger partial charge in [-0.2, -0.15) is 0 Å². The SMILES string of the molecule is Cc1ccc(NS(=O)(=O)c2cc(N)c(C)cc2F)c(Br)c1. The Hall–Kier alpha value is -1.60. The van der Waals surface area contributed by atoms with Gasteiger partial charge in [0.15, 0.2) is 0 Å². The van der Waals surface area contributed by atoms with Gasteiger partial charge >= 0.3 is 0 Å². The summed E-state index contributed by atoms with van der Waals surface area (Å²) in [4.78, 5) is -0.474. The molecule has 4 nitrogen and oxygen atoms in total. The van der Waals surface area contributed by atoms with Gasteiger partial charge in [-0.3, -0.25) is 4.72 Å². The van der Waals surface area contributed by atoms with Crippen LogP contribution in [0.15, 0.2) is 39.7 Å². The van der Waals surface area contributed by atoms with Crippen molar-refractivity contribution in [3.8, 4) is 0 Å². The molecule has 0 aromatic heterocycles. The van der Waals surface area contributed by atoms with Crippen LogP contribution >= 0.6 is 15.9 Å². The van der Waals surface area contributed by atoms with Crippen molar-refractivity contribution in [2.45, 2.75) is 18.7 Å². The highest BCUT2D eigenvalue weighted by atomic mass is 79.9. The van der Waals surface area contributed by atoms with Gasteiger partial charge in [0.05, 0.1) is 5.69 Å². The number of halogens is 2. The fourth-order valence-corrected chi connectivity index (χ4v) is 3.68. The average molecular weight is 373 g/mol. The molecule has 2 aromatic rings. The number of nitrogens with two attached hydrogens (primary N) is 1. The van der Waals surface area contributed by atoms with Crippen LogP contribution in [0.1, 0.15) is 11.1 Å². The minimum absolute atomic E-state index is 0.222. The fraction of sp³-hybridized carbons (Fsp3) is 0.143. The minimum Gasteiger partial charge on any atom is -0.398 e. The van der Waals surface area contributed by atoms with Crippen molar-refractivity contribution >= 4 is 37.3 Å². The zero-order valence-corrected chi connectivity index (χ0v) is 13.8. The zero-order valence-electron chi connectivity index (χ0n) is 11.4. The quantitative estimate of drug-likeness (QED) is 0.808. The highest BCUT2D eigenvalue weighted by molar-refractivity contribution is 9.10. The molecule has 0 unspecified atom stereocenters. The van der Waals surface area contributed by atoms with Gasteiger partial charge in [0, 0.05) is 10.2 Å². The van der Waals surface area contributed by atoms with Crippen molar-refractivity contribution in [1.82, 2.24) is 0 Å². The number of aryl methyl sites for hydroxylation is 2. The molecule has 112 valence electrons. The second-order valence-electron chi connectivity index (χ2n) is 4.73. The number of anilines is 2. The van der Waals surface area contributed by atoms with E-state index in [1.807, 2.05) is 6.92 Å². The lowest BCUT2D eigenvalue weighted by Gasteiger charge is -2.12. The Bertz CT molecular complexity index is 807. The summed E-state index contributed by atoms with van der Waals surface area (Å²) in [5.74, 6) is -0.836. The first-order chi connectivity index (χ1) is 9.70. The van der Waals surface area contributed by atoms with Crippen LogP contribution in [0.4, 0.5) is 15.8 Å². The maximum Gasteiger partial charge on any atom is 0.264 e. The Balaban J connectivity index is 2.46. The molecule has 0 saturated carbocycles. The lowest BCUT2D eigenvalue weighted by atomic mass is 10.2. The summed E-state index contributed by atoms with van der Waals surface area (Å²) in [6.45, 7) is 3.49. The largest absolute Gasteiger partial charge is 0.398 e. The molecule has 0 aliphatic rings. The topological polar surface area (TPSA) is 72.2 Å². The number of rotatable bonds is 3. The number of nitrogens with one attached hydrogen (secondary N) is 1. The van der Waals surface area contributed by atoms with Gasteiger partial charge in [0.1, 0.15) is 10.7 Å². The van der Waals surface area contributed by atoms with Crippen molar-refractivity contribution in [2.75, 3.05) is 10.5 Å². The Morgan fingerprint density at radius 1 is 1.19 bits per heavy atom. The Labute approximate surface area is 131 Å². The summed E-state index contributed by atoms with van der Waals surface area (Å²) in [7, 11) is -4.05. The third-order valence-electron chi connectivity index (χ3n) is 2.98. The molecule has 0 fully saturated rings. The summed E-state index contributed by atoms with van der Waals surface area (Å²) in [6, 6.07) is 7.34. The molecular weight excluding hydrogens is 359 g/mol. The van der Waals surface area contributed by atoms with Crippen LogP contribution in [-0.4, -0.2) is 8.42 Å². The number of hydrogen-bond acceptors (Lipinski definition) is 3. The summed E-state index contributed by atoms with van der Waals surface area (Å²) in [6.07, 6.45) is 0. The molecule has 7 heteroatoms. The van der Waals surface area contributed by atoms with E-state index in [1.165, 1.54) is 0 Å². The van der Waals surface area contributed by atoms with Crippen LogP contribution in [-0.2, 0) is 10.0 Å². The molecule has 0 atom stereocenters. The van der Waals surface area contributed by atoms with Crippen LogP contribution in [0.2, 0.25) is 0 Å². The smallest absolute Gasteiger partial charge is 0.264 e. The first kappa shape index (κ1) is 15.8. The third-order valence-corrected chi connectivity index (χ3v) is 5.02. The zero-order chi connectivity index (χ0) is 15.8. The van der Waals surface area contributed by atoms with Crippen LogP contribution in [0.3, 0.4) is 0 Å². The maximum atomic E-state index is 13.9. The van der Waals surface area contributed by atoms with E-state index in [0.29, 0.717) is 15.7 Å². The molecule has 0 aliphatic heterocycles. The molecular formula is C14H14BrFN2O2S. The lowest BCUT2D eigenvalue weighted by Crippen LogP contribution is -2.15. The monoisotopic (exact) mass is 372 g/mol. The molecule has 0 bridgehead atoms. The van der Waals surface area contributed by atoms with Gasteiger partial charge in [-0.1, -0.05) is 6.07 Å². The number of sulfonamides is 1. The summed E-state index contributed by atoms with van der Waals surface area (Å²) < 4.78 is 41.4. The molecule has 3 N–H and O–H groups in total. The van der Waals surface area contributed by atoms with Crippen molar-refractivity contribution in [2.24, 2.45) is 0 Å². The lowest BCUT2D eigenvalue weighted by molar-refractivity contribution is 0.570.